The van der Waals surface area contributed by atoms with Crippen LogP contribution in [0.1, 0.15) is 4.88 Å². The molecule has 1 aromatic heterocycles. The molecule has 5 heteroatoms. The summed E-state index contributed by atoms with van der Waals surface area (Å²) in [6, 6.07) is 3.52. The van der Waals surface area contributed by atoms with Crippen LogP contribution >= 0.6 is 34.5 Å². The van der Waals surface area contributed by atoms with E-state index in [4.69, 9.17) is 23.2 Å². The van der Waals surface area contributed by atoms with E-state index in [1.54, 1.807) is 12.1 Å². The second-order valence-corrected chi connectivity index (χ2v) is 3.84. The van der Waals surface area contributed by atoms with Crippen molar-refractivity contribution >= 4 is 40.0 Å². The summed E-state index contributed by atoms with van der Waals surface area (Å²) in [5.41, 5.74) is -0.797. The minimum atomic E-state index is -0.797. The Bertz CT molecular complexity index is 259. The lowest BCUT2D eigenvalue weighted by molar-refractivity contribution is 0.168. The number of thiophene rings is 1. The predicted molar refractivity (Wildman–Crippen MR) is 45.4 cm³/mol. The van der Waals surface area contributed by atoms with Gasteiger partial charge in [0, 0.05) is 16.5 Å². The summed E-state index contributed by atoms with van der Waals surface area (Å²) < 4.78 is 5.19. The molecule has 1 rings (SSSR count). The van der Waals surface area contributed by atoms with Gasteiger partial charge < -0.3 is 4.74 Å². The molecule has 0 spiro atoms. The Hall–Kier alpha value is -0.250. The van der Waals surface area contributed by atoms with E-state index in [2.05, 4.69) is 4.74 Å². The summed E-state index contributed by atoms with van der Waals surface area (Å²) in [5, 5.41) is 0. The van der Waals surface area contributed by atoms with Crippen LogP contribution in [0, 0.1) is 0 Å². The first kappa shape index (κ1) is 8.84. The van der Waals surface area contributed by atoms with Crippen LogP contribution in [0.2, 0.25) is 4.34 Å². The third kappa shape index (κ3) is 3.10. The van der Waals surface area contributed by atoms with Gasteiger partial charge >= 0.3 is 5.43 Å². The lowest BCUT2D eigenvalue weighted by Crippen LogP contribution is -1.91. The van der Waals surface area contributed by atoms with Gasteiger partial charge in [-0.1, -0.05) is 11.6 Å². The Morgan fingerprint density at radius 3 is 2.82 bits per heavy atom. The highest BCUT2D eigenvalue weighted by Gasteiger charge is 2.00. The third-order valence-electron chi connectivity index (χ3n) is 0.957. The van der Waals surface area contributed by atoms with Gasteiger partial charge in [-0.2, -0.15) is 0 Å². The molecule has 60 valence electrons. The molecule has 0 amide bonds. The van der Waals surface area contributed by atoms with Gasteiger partial charge in [0.05, 0.1) is 4.34 Å². The van der Waals surface area contributed by atoms with Crippen molar-refractivity contribution in [3.05, 3.63) is 21.3 Å². The van der Waals surface area contributed by atoms with Gasteiger partial charge in [0.2, 0.25) is 0 Å². The van der Waals surface area contributed by atoms with Crippen molar-refractivity contribution in [3.63, 3.8) is 0 Å². The van der Waals surface area contributed by atoms with Gasteiger partial charge in [-0.3, -0.25) is 0 Å². The topological polar surface area (TPSA) is 26.3 Å². The smallest absolute Gasteiger partial charge is 0.404 e. The zero-order chi connectivity index (χ0) is 8.27. The largest absolute Gasteiger partial charge is 0.448 e. The first-order valence-corrected chi connectivity index (χ1v) is 4.32. The molecule has 0 saturated carbocycles. The van der Waals surface area contributed by atoms with E-state index in [0.29, 0.717) is 4.34 Å². The van der Waals surface area contributed by atoms with E-state index in [1.165, 1.54) is 11.3 Å². The standard InChI is InChI=1S/C6H4Cl2O2S/c7-5-2-1-4(11-5)3-10-6(8)9/h1-2H,3H2. The zero-order valence-corrected chi connectivity index (χ0v) is 7.67. The second-order valence-electron chi connectivity index (χ2n) is 1.73. The average Bonchev–Trinajstić information content (AvgIpc) is 2.31. The average molecular weight is 211 g/mol. The van der Waals surface area contributed by atoms with Crippen molar-refractivity contribution in [1.29, 1.82) is 0 Å². The molecule has 0 aromatic carbocycles. The molecule has 0 bridgehead atoms. The highest BCUT2D eigenvalue weighted by molar-refractivity contribution is 7.16. The molecular formula is C6H4Cl2O2S. The van der Waals surface area contributed by atoms with Crippen LogP contribution in [0.15, 0.2) is 12.1 Å². The van der Waals surface area contributed by atoms with Crippen LogP contribution < -0.4 is 0 Å². The van der Waals surface area contributed by atoms with Crippen LogP contribution in [0.3, 0.4) is 0 Å². The summed E-state index contributed by atoms with van der Waals surface area (Å²) in [6.45, 7) is 0.194. The van der Waals surface area contributed by atoms with Gasteiger partial charge in [0.1, 0.15) is 6.61 Å². The van der Waals surface area contributed by atoms with Crippen LogP contribution in [-0.4, -0.2) is 5.43 Å². The normalized spacial score (nSPS) is 9.64. The Balaban J connectivity index is 2.45. The van der Waals surface area contributed by atoms with E-state index in [9.17, 15) is 4.79 Å². The SMILES string of the molecule is O=C(Cl)OCc1ccc(Cl)s1. The molecule has 0 N–H and O–H groups in total. The highest BCUT2D eigenvalue weighted by Crippen LogP contribution is 2.21. The number of halogens is 2. The molecule has 11 heavy (non-hydrogen) atoms. The van der Waals surface area contributed by atoms with E-state index < -0.39 is 5.43 Å². The molecule has 0 aliphatic heterocycles. The quantitative estimate of drug-likeness (QED) is 0.701. The lowest BCUT2D eigenvalue weighted by Gasteiger charge is -1.94. The first-order chi connectivity index (χ1) is 5.18. The Morgan fingerprint density at radius 2 is 2.36 bits per heavy atom. The maximum atomic E-state index is 10.1. The van der Waals surface area contributed by atoms with Crippen molar-refractivity contribution < 1.29 is 9.53 Å². The fraction of sp³-hybridized carbons (Fsp3) is 0.167. The lowest BCUT2D eigenvalue weighted by atomic mass is 10.5. The molecule has 2 nitrogen and oxygen atoms in total. The van der Waals surface area contributed by atoms with Crippen molar-refractivity contribution in [3.8, 4) is 0 Å². The summed E-state index contributed by atoms with van der Waals surface area (Å²) >= 11 is 11.9. The second kappa shape index (κ2) is 3.95. The molecule has 0 unspecified atom stereocenters. The molecule has 1 aromatic rings. The van der Waals surface area contributed by atoms with E-state index in [-0.39, 0.29) is 6.61 Å². The molecule has 1 heterocycles. The van der Waals surface area contributed by atoms with Crippen LogP contribution in [0.4, 0.5) is 4.79 Å². The molecule has 0 radical (unpaired) electrons. The van der Waals surface area contributed by atoms with Crippen LogP contribution in [0.5, 0.6) is 0 Å². The minimum Gasteiger partial charge on any atom is -0.448 e. The van der Waals surface area contributed by atoms with E-state index in [1.807, 2.05) is 0 Å². The molecule has 0 fully saturated rings. The van der Waals surface area contributed by atoms with Gasteiger partial charge in [-0.25, -0.2) is 4.79 Å². The molecule has 0 atom stereocenters. The maximum absolute atomic E-state index is 10.1. The number of carbonyl (C=O) groups excluding carboxylic acids is 1. The van der Waals surface area contributed by atoms with Gasteiger partial charge in [0.25, 0.3) is 0 Å². The van der Waals surface area contributed by atoms with Crippen molar-refractivity contribution in [2.24, 2.45) is 0 Å². The van der Waals surface area contributed by atoms with E-state index in [0.717, 1.165) is 4.88 Å². The summed E-state index contributed by atoms with van der Waals surface area (Å²) in [5.74, 6) is 0. The van der Waals surface area contributed by atoms with Crippen molar-refractivity contribution in [1.82, 2.24) is 0 Å². The summed E-state index contributed by atoms with van der Waals surface area (Å²) in [6.07, 6.45) is 0. The van der Waals surface area contributed by atoms with E-state index >= 15 is 0 Å². The highest BCUT2D eigenvalue weighted by atomic mass is 35.5. The molecule has 0 saturated heterocycles. The number of hydrogen-bond acceptors (Lipinski definition) is 3. The number of carbonyl (C=O) groups is 1. The maximum Gasteiger partial charge on any atom is 0.404 e. The van der Waals surface area contributed by atoms with Crippen molar-refractivity contribution in [2.45, 2.75) is 6.61 Å². The Kier molecular flexibility index (Phi) is 3.17. The fourth-order valence-corrected chi connectivity index (χ4v) is 1.61. The number of rotatable bonds is 2. The number of ether oxygens (including phenoxy) is 1. The Labute approximate surface area is 77.7 Å². The van der Waals surface area contributed by atoms with Crippen LogP contribution in [-0.2, 0) is 11.3 Å². The fourth-order valence-electron chi connectivity index (χ4n) is 0.557. The predicted octanol–water partition coefficient (Wildman–Crippen LogP) is 3.28. The monoisotopic (exact) mass is 210 g/mol. The molecular weight excluding hydrogens is 207 g/mol. The molecule has 0 aliphatic carbocycles. The minimum absolute atomic E-state index is 0.194. The zero-order valence-electron chi connectivity index (χ0n) is 5.34. The van der Waals surface area contributed by atoms with Gasteiger partial charge in [0.15, 0.2) is 0 Å². The summed E-state index contributed by atoms with van der Waals surface area (Å²) in [7, 11) is 0. The molecule has 0 aliphatic rings. The third-order valence-corrected chi connectivity index (χ3v) is 2.27. The summed E-state index contributed by atoms with van der Waals surface area (Å²) in [4.78, 5) is 11.0. The van der Waals surface area contributed by atoms with Gasteiger partial charge in [-0.05, 0) is 12.1 Å². The number of hydrogen-bond donors (Lipinski definition) is 0. The van der Waals surface area contributed by atoms with Gasteiger partial charge in [-0.15, -0.1) is 11.3 Å². The van der Waals surface area contributed by atoms with Crippen molar-refractivity contribution in [2.75, 3.05) is 0 Å². The Morgan fingerprint density at radius 1 is 1.64 bits per heavy atom. The van der Waals surface area contributed by atoms with Crippen LogP contribution in [0.25, 0.3) is 0 Å². The first-order valence-electron chi connectivity index (χ1n) is 2.75.